The van der Waals surface area contributed by atoms with Gasteiger partial charge in [-0.3, -0.25) is 9.69 Å². The van der Waals surface area contributed by atoms with E-state index in [9.17, 15) is 9.90 Å². The third-order valence-electron chi connectivity index (χ3n) is 6.76. The van der Waals surface area contributed by atoms with Gasteiger partial charge in [0.1, 0.15) is 0 Å². The average Bonchev–Trinajstić information content (AvgIpc) is 3.51. The molecule has 0 saturated carbocycles. The van der Waals surface area contributed by atoms with Gasteiger partial charge in [-0.25, -0.2) is 4.68 Å². The van der Waals surface area contributed by atoms with E-state index < -0.39 is 0 Å². The van der Waals surface area contributed by atoms with E-state index in [2.05, 4.69) is 45.3 Å². The smallest absolute Gasteiger partial charge is 0.252 e. The Hall–Kier alpha value is -2.62. The van der Waals surface area contributed by atoms with E-state index in [1.807, 2.05) is 23.7 Å². The highest BCUT2D eigenvalue weighted by atomic mass is 16.5. The Morgan fingerprint density at radius 1 is 1.32 bits per heavy atom. The van der Waals surface area contributed by atoms with E-state index in [-0.39, 0.29) is 24.3 Å². The molecular weight excluding hydrogens is 432 g/mol. The molecule has 34 heavy (non-hydrogen) atoms. The molecule has 0 bridgehead atoms. The first kappa shape index (κ1) is 24.5. The number of pyridine rings is 1. The lowest BCUT2D eigenvalue weighted by Gasteiger charge is -2.31. The van der Waals surface area contributed by atoms with Crippen LogP contribution in [0.1, 0.15) is 67.6 Å². The van der Waals surface area contributed by atoms with Gasteiger partial charge < -0.3 is 14.8 Å². The third-order valence-corrected chi connectivity index (χ3v) is 6.76. The van der Waals surface area contributed by atoms with Gasteiger partial charge in [0.15, 0.2) is 5.82 Å². The maximum Gasteiger partial charge on any atom is 0.252 e. The van der Waals surface area contributed by atoms with Crippen LogP contribution in [0.25, 0.3) is 10.9 Å². The van der Waals surface area contributed by atoms with Gasteiger partial charge in [-0.15, -0.1) is 5.10 Å². The number of hydrogen-bond acceptors (Lipinski definition) is 7. The number of aromatic amines is 1. The number of aliphatic hydroxyl groups is 1. The molecule has 1 aliphatic heterocycles. The van der Waals surface area contributed by atoms with Crippen molar-refractivity contribution in [3.63, 3.8) is 0 Å². The molecule has 0 unspecified atom stereocenters. The van der Waals surface area contributed by atoms with Gasteiger partial charge in [-0.1, -0.05) is 25.5 Å². The van der Waals surface area contributed by atoms with Gasteiger partial charge in [-0.05, 0) is 67.2 Å². The first-order valence-electron chi connectivity index (χ1n) is 12.4. The van der Waals surface area contributed by atoms with Crippen LogP contribution in [0.2, 0.25) is 0 Å². The molecule has 1 fully saturated rings. The molecule has 0 radical (unpaired) electrons. The number of H-pyrrole nitrogens is 1. The van der Waals surface area contributed by atoms with E-state index >= 15 is 0 Å². The van der Waals surface area contributed by atoms with E-state index in [0.29, 0.717) is 31.6 Å². The van der Waals surface area contributed by atoms with E-state index in [1.54, 1.807) is 0 Å². The Labute approximate surface area is 200 Å². The Bertz CT molecular complexity index is 1150. The van der Waals surface area contributed by atoms with Crippen molar-refractivity contribution >= 4 is 10.9 Å². The standard InChI is InChI=1S/C25H36N6O3/c1-4-7-22(24-27-28-29-31(24)16-20-8-5-13-34-20)30(11-6-12-32)15-19-14-21-17(2)9-10-18(3)23(21)26-25(19)33/h9-10,14,20,22,32H,4-8,11-13,15-16H2,1-3H3,(H,26,33)/t20-,22-/m0/s1. The van der Waals surface area contributed by atoms with Crippen molar-refractivity contribution in [1.82, 2.24) is 30.1 Å². The van der Waals surface area contributed by atoms with Crippen LogP contribution >= 0.6 is 0 Å². The summed E-state index contributed by atoms with van der Waals surface area (Å²) in [5, 5.41) is 23.3. The molecule has 1 saturated heterocycles. The zero-order valence-corrected chi connectivity index (χ0v) is 20.5. The lowest BCUT2D eigenvalue weighted by molar-refractivity contribution is 0.0885. The molecule has 1 aromatic carbocycles. The predicted octanol–water partition coefficient (Wildman–Crippen LogP) is 3.04. The highest BCUT2D eigenvalue weighted by Gasteiger charge is 2.28. The highest BCUT2D eigenvalue weighted by molar-refractivity contribution is 5.85. The number of hydrogen-bond donors (Lipinski definition) is 2. The Balaban J connectivity index is 1.67. The van der Waals surface area contributed by atoms with Crippen molar-refractivity contribution in [2.75, 3.05) is 19.8 Å². The Morgan fingerprint density at radius 3 is 2.88 bits per heavy atom. The largest absolute Gasteiger partial charge is 0.396 e. The molecule has 1 aliphatic rings. The molecule has 2 atom stereocenters. The zero-order valence-electron chi connectivity index (χ0n) is 20.5. The van der Waals surface area contributed by atoms with Gasteiger partial charge in [-0.2, -0.15) is 0 Å². The summed E-state index contributed by atoms with van der Waals surface area (Å²) < 4.78 is 7.67. The van der Waals surface area contributed by atoms with Crippen molar-refractivity contribution in [3.05, 3.63) is 51.1 Å². The second kappa shape index (κ2) is 11.2. The van der Waals surface area contributed by atoms with Crippen LogP contribution in [0.15, 0.2) is 23.0 Å². The molecule has 3 heterocycles. The molecule has 0 aliphatic carbocycles. The number of rotatable bonds is 11. The molecule has 3 aromatic rings. The van der Waals surface area contributed by atoms with Gasteiger partial charge in [0.25, 0.3) is 5.56 Å². The van der Waals surface area contributed by atoms with Crippen LogP contribution in [0.5, 0.6) is 0 Å². The number of benzene rings is 1. The van der Waals surface area contributed by atoms with Crippen LogP contribution in [0.4, 0.5) is 0 Å². The van der Waals surface area contributed by atoms with E-state index in [4.69, 9.17) is 4.74 Å². The maximum absolute atomic E-state index is 13.1. The van der Waals surface area contributed by atoms with Crippen LogP contribution in [-0.2, 0) is 17.8 Å². The molecule has 2 N–H and O–H groups in total. The summed E-state index contributed by atoms with van der Waals surface area (Å²) in [6, 6.07) is 6.07. The van der Waals surface area contributed by atoms with E-state index in [0.717, 1.165) is 60.1 Å². The fourth-order valence-electron chi connectivity index (χ4n) is 4.88. The minimum absolute atomic E-state index is 0.0679. The van der Waals surface area contributed by atoms with Crippen molar-refractivity contribution in [1.29, 1.82) is 0 Å². The quantitative estimate of drug-likeness (QED) is 0.445. The monoisotopic (exact) mass is 468 g/mol. The number of fused-ring (bicyclic) bond motifs is 1. The summed E-state index contributed by atoms with van der Waals surface area (Å²) in [5.41, 5.74) is 3.70. The topological polar surface area (TPSA) is 109 Å². The molecule has 0 spiro atoms. The first-order valence-corrected chi connectivity index (χ1v) is 12.4. The number of aromatic nitrogens is 5. The van der Waals surface area contributed by atoms with Gasteiger partial charge in [0.05, 0.1) is 24.2 Å². The number of tetrazole rings is 1. The molecular formula is C25H36N6O3. The summed E-state index contributed by atoms with van der Waals surface area (Å²) in [6.45, 7) is 8.80. The minimum Gasteiger partial charge on any atom is -0.396 e. The van der Waals surface area contributed by atoms with E-state index in [1.165, 1.54) is 0 Å². The minimum atomic E-state index is -0.0793. The Kier molecular flexibility index (Phi) is 8.07. The second-order valence-electron chi connectivity index (χ2n) is 9.32. The third kappa shape index (κ3) is 5.37. The van der Waals surface area contributed by atoms with Crippen molar-refractivity contribution < 1.29 is 9.84 Å². The SMILES string of the molecule is CCC[C@@H](c1nnnn1C[C@@H]1CCCO1)N(CCCO)Cc1cc2c(C)ccc(C)c2[nH]c1=O. The zero-order chi connectivity index (χ0) is 24.1. The molecule has 2 aromatic heterocycles. The van der Waals surface area contributed by atoms with Gasteiger partial charge >= 0.3 is 0 Å². The second-order valence-corrected chi connectivity index (χ2v) is 9.32. The van der Waals surface area contributed by atoms with Gasteiger partial charge in [0, 0.05) is 37.3 Å². The number of ether oxygens (including phenoxy) is 1. The van der Waals surface area contributed by atoms with Crippen LogP contribution < -0.4 is 5.56 Å². The molecule has 4 rings (SSSR count). The molecule has 9 heteroatoms. The lowest BCUT2D eigenvalue weighted by Crippen LogP contribution is -2.34. The molecule has 0 amide bonds. The summed E-state index contributed by atoms with van der Waals surface area (Å²) >= 11 is 0. The van der Waals surface area contributed by atoms with Crippen molar-refractivity contribution in [2.45, 2.75) is 78.1 Å². The number of nitrogens with zero attached hydrogens (tertiary/aromatic N) is 5. The van der Waals surface area contributed by atoms with Gasteiger partial charge in [0.2, 0.25) is 0 Å². The first-order chi connectivity index (χ1) is 16.5. The summed E-state index contributed by atoms with van der Waals surface area (Å²) in [7, 11) is 0. The molecule has 184 valence electrons. The van der Waals surface area contributed by atoms with Crippen LogP contribution in [0, 0.1) is 13.8 Å². The number of aliphatic hydroxyl groups excluding tert-OH is 1. The number of aryl methyl sites for hydroxylation is 2. The Morgan fingerprint density at radius 2 is 2.15 bits per heavy atom. The maximum atomic E-state index is 13.1. The summed E-state index contributed by atoms with van der Waals surface area (Å²) in [6.07, 6.45) is 4.60. The number of nitrogens with one attached hydrogen (secondary N) is 1. The summed E-state index contributed by atoms with van der Waals surface area (Å²) in [4.78, 5) is 18.4. The predicted molar refractivity (Wildman–Crippen MR) is 131 cm³/mol. The lowest BCUT2D eigenvalue weighted by atomic mass is 10.0. The summed E-state index contributed by atoms with van der Waals surface area (Å²) in [5.74, 6) is 0.791. The van der Waals surface area contributed by atoms with Crippen molar-refractivity contribution in [3.8, 4) is 0 Å². The van der Waals surface area contributed by atoms with Crippen molar-refractivity contribution in [2.24, 2.45) is 0 Å². The fourth-order valence-corrected chi connectivity index (χ4v) is 4.88. The highest BCUT2D eigenvalue weighted by Crippen LogP contribution is 2.28. The fraction of sp³-hybridized carbons (Fsp3) is 0.600. The molecule has 9 nitrogen and oxygen atoms in total. The van der Waals surface area contributed by atoms with Crippen LogP contribution in [0.3, 0.4) is 0 Å². The van der Waals surface area contributed by atoms with Crippen LogP contribution in [-0.4, -0.2) is 61.1 Å². The average molecular weight is 469 g/mol. The normalized spacial score (nSPS) is 17.1.